The van der Waals surface area contributed by atoms with Crippen LogP contribution in [0.2, 0.25) is 0 Å². The molecule has 0 fully saturated rings. The molecule has 98 valence electrons. The Bertz CT molecular complexity index is 323. The first-order valence-corrected chi connectivity index (χ1v) is 7.20. The van der Waals surface area contributed by atoms with Crippen LogP contribution in [0.15, 0.2) is 5.38 Å². The van der Waals surface area contributed by atoms with Gasteiger partial charge in [-0.2, -0.15) is 0 Å². The molecule has 1 aromatic heterocycles. The van der Waals surface area contributed by atoms with E-state index >= 15 is 0 Å². The van der Waals surface area contributed by atoms with Crippen molar-refractivity contribution in [1.29, 1.82) is 0 Å². The van der Waals surface area contributed by atoms with Gasteiger partial charge in [0.25, 0.3) is 0 Å². The fourth-order valence-corrected chi connectivity index (χ4v) is 2.53. The molecule has 17 heavy (non-hydrogen) atoms. The zero-order valence-electron chi connectivity index (χ0n) is 11.3. The van der Waals surface area contributed by atoms with Gasteiger partial charge in [0.1, 0.15) is 0 Å². The van der Waals surface area contributed by atoms with Gasteiger partial charge in [-0.25, -0.2) is 4.98 Å². The van der Waals surface area contributed by atoms with Crippen molar-refractivity contribution < 1.29 is 5.11 Å². The lowest BCUT2D eigenvalue weighted by molar-refractivity contribution is 0.107. The van der Waals surface area contributed by atoms with Crippen molar-refractivity contribution in [3.63, 3.8) is 0 Å². The summed E-state index contributed by atoms with van der Waals surface area (Å²) in [7, 11) is 0. The number of nitrogens with zero attached hydrogens (tertiary/aromatic N) is 2. The van der Waals surface area contributed by atoms with E-state index in [0.717, 1.165) is 30.9 Å². The topological polar surface area (TPSA) is 36.4 Å². The fraction of sp³-hybridized carbons (Fsp3) is 0.769. The smallest absolute Gasteiger partial charge is 0.0897 e. The molecule has 0 aromatic carbocycles. The van der Waals surface area contributed by atoms with Crippen molar-refractivity contribution in [3.8, 4) is 0 Å². The van der Waals surface area contributed by atoms with E-state index in [-0.39, 0.29) is 6.10 Å². The van der Waals surface area contributed by atoms with Crippen molar-refractivity contribution in [1.82, 2.24) is 9.88 Å². The van der Waals surface area contributed by atoms with Crippen LogP contribution in [0.4, 0.5) is 0 Å². The van der Waals surface area contributed by atoms with Crippen LogP contribution in [0.3, 0.4) is 0 Å². The van der Waals surface area contributed by atoms with Crippen molar-refractivity contribution in [2.75, 3.05) is 13.1 Å². The molecule has 1 rings (SSSR count). The monoisotopic (exact) mass is 256 g/mol. The summed E-state index contributed by atoms with van der Waals surface area (Å²) in [5.41, 5.74) is 1.20. The highest BCUT2D eigenvalue weighted by atomic mass is 32.1. The maximum Gasteiger partial charge on any atom is 0.0897 e. The number of aromatic nitrogens is 1. The predicted octanol–water partition coefficient (Wildman–Crippen LogP) is 2.48. The Kier molecular flexibility index (Phi) is 6.09. The minimum absolute atomic E-state index is 0.251. The van der Waals surface area contributed by atoms with Crippen LogP contribution < -0.4 is 0 Å². The second-order valence-corrected chi connectivity index (χ2v) is 5.96. The minimum Gasteiger partial charge on any atom is -0.392 e. The average Bonchev–Trinajstić information content (AvgIpc) is 2.62. The molecule has 1 N–H and O–H groups in total. The first kappa shape index (κ1) is 14.6. The van der Waals surface area contributed by atoms with Gasteiger partial charge in [0.2, 0.25) is 0 Å². The Morgan fingerprint density at radius 1 is 1.41 bits per heavy atom. The lowest BCUT2D eigenvalue weighted by atomic mass is 10.2. The summed E-state index contributed by atoms with van der Waals surface area (Å²) < 4.78 is 0. The zero-order chi connectivity index (χ0) is 12.8. The summed E-state index contributed by atoms with van der Waals surface area (Å²) in [5, 5.41) is 12.7. The molecule has 4 heteroatoms. The molecule has 0 amide bonds. The molecule has 1 atom stereocenters. The highest BCUT2D eigenvalue weighted by Crippen LogP contribution is 2.11. The molecule has 0 radical (unpaired) electrons. The first-order valence-electron chi connectivity index (χ1n) is 6.32. The standard InChI is InChI=1S/C13H24N2OS/c1-10(2)15(8-11(3)16)7-5-6-13-9-17-12(4)14-13/h9-11,16H,5-8H2,1-4H3. The van der Waals surface area contributed by atoms with Crippen LogP contribution in [-0.2, 0) is 6.42 Å². The maximum absolute atomic E-state index is 9.44. The Morgan fingerprint density at radius 2 is 2.12 bits per heavy atom. The summed E-state index contributed by atoms with van der Waals surface area (Å²) in [6.07, 6.45) is 1.89. The molecule has 0 aliphatic heterocycles. The summed E-state index contributed by atoms with van der Waals surface area (Å²) in [6.45, 7) is 10.0. The van der Waals surface area contributed by atoms with E-state index in [1.54, 1.807) is 11.3 Å². The van der Waals surface area contributed by atoms with Crippen LogP contribution in [0, 0.1) is 6.92 Å². The third-order valence-electron chi connectivity index (χ3n) is 2.77. The second kappa shape index (κ2) is 7.09. The molecule has 3 nitrogen and oxygen atoms in total. The fourth-order valence-electron chi connectivity index (χ4n) is 1.89. The average molecular weight is 256 g/mol. The molecular weight excluding hydrogens is 232 g/mol. The van der Waals surface area contributed by atoms with E-state index in [1.165, 1.54) is 5.69 Å². The van der Waals surface area contributed by atoms with Gasteiger partial charge in [0.05, 0.1) is 16.8 Å². The second-order valence-electron chi connectivity index (χ2n) is 4.90. The number of hydrogen-bond acceptors (Lipinski definition) is 4. The largest absolute Gasteiger partial charge is 0.392 e. The highest BCUT2D eigenvalue weighted by molar-refractivity contribution is 7.09. The van der Waals surface area contributed by atoms with Gasteiger partial charge < -0.3 is 5.11 Å². The molecule has 1 heterocycles. The quantitative estimate of drug-likeness (QED) is 0.814. The SMILES string of the molecule is Cc1nc(CCCN(CC(C)O)C(C)C)cs1. The van der Waals surface area contributed by atoms with E-state index in [0.29, 0.717) is 6.04 Å². The number of aliphatic hydroxyl groups excluding tert-OH is 1. The molecular formula is C13H24N2OS. The van der Waals surface area contributed by atoms with Crippen LogP contribution >= 0.6 is 11.3 Å². The molecule has 0 aliphatic carbocycles. The number of hydrogen-bond donors (Lipinski definition) is 1. The molecule has 0 saturated carbocycles. The van der Waals surface area contributed by atoms with E-state index in [2.05, 4.69) is 29.1 Å². The summed E-state index contributed by atoms with van der Waals surface area (Å²) in [6, 6.07) is 0.488. The summed E-state index contributed by atoms with van der Waals surface area (Å²) in [4.78, 5) is 6.79. The van der Waals surface area contributed by atoms with Gasteiger partial charge >= 0.3 is 0 Å². The first-order chi connectivity index (χ1) is 7.99. The van der Waals surface area contributed by atoms with E-state index in [4.69, 9.17) is 0 Å². The lowest BCUT2D eigenvalue weighted by Crippen LogP contribution is -2.37. The van der Waals surface area contributed by atoms with Crippen molar-refractivity contribution in [3.05, 3.63) is 16.1 Å². The van der Waals surface area contributed by atoms with Crippen LogP contribution in [0.25, 0.3) is 0 Å². The summed E-state index contributed by atoms with van der Waals surface area (Å²) in [5.74, 6) is 0. The Balaban J connectivity index is 2.31. The van der Waals surface area contributed by atoms with Gasteiger partial charge in [-0.3, -0.25) is 4.90 Å². The van der Waals surface area contributed by atoms with Crippen LogP contribution in [0.1, 0.15) is 37.9 Å². The van der Waals surface area contributed by atoms with E-state index < -0.39 is 0 Å². The predicted molar refractivity (Wildman–Crippen MR) is 73.6 cm³/mol. The Morgan fingerprint density at radius 3 is 2.59 bits per heavy atom. The van der Waals surface area contributed by atoms with Gasteiger partial charge in [0, 0.05) is 18.0 Å². The third-order valence-corrected chi connectivity index (χ3v) is 3.60. The third kappa shape index (κ3) is 5.61. The zero-order valence-corrected chi connectivity index (χ0v) is 12.1. The maximum atomic E-state index is 9.44. The molecule has 1 unspecified atom stereocenters. The molecule has 0 saturated heterocycles. The van der Waals surface area contributed by atoms with Crippen molar-refractivity contribution in [2.24, 2.45) is 0 Å². The molecule has 0 bridgehead atoms. The number of rotatable bonds is 7. The summed E-state index contributed by atoms with van der Waals surface area (Å²) >= 11 is 1.72. The number of aryl methyl sites for hydroxylation is 2. The normalized spacial score (nSPS) is 13.6. The van der Waals surface area contributed by atoms with Gasteiger partial charge in [0.15, 0.2) is 0 Å². The molecule has 0 aliphatic rings. The Hall–Kier alpha value is -0.450. The number of aliphatic hydroxyl groups is 1. The molecule has 0 spiro atoms. The Labute approximate surface area is 108 Å². The van der Waals surface area contributed by atoms with Gasteiger partial charge in [-0.15, -0.1) is 11.3 Å². The van der Waals surface area contributed by atoms with Crippen molar-refractivity contribution in [2.45, 2.75) is 52.7 Å². The highest BCUT2D eigenvalue weighted by Gasteiger charge is 2.11. The lowest BCUT2D eigenvalue weighted by Gasteiger charge is -2.27. The van der Waals surface area contributed by atoms with Crippen molar-refractivity contribution >= 4 is 11.3 Å². The van der Waals surface area contributed by atoms with Crippen LogP contribution in [-0.4, -0.2) is 40.2 Å². The van der Waals surface area contributed by atoms with E-state index in [9.17, 15) is 5.11 Å². The minimum atomic E-state index is -0.251. The van der Waals surface area contributed by atoms with Crippen LogP contribution in [0.5, 0.6) is 0 Å². The number of thiazole rings is 1. The van der Waals surface area contributed by atoms with Gasteiger partial charge in [-0.1, -0.05) is 0 Å². The van der Waals surface area contributed by atoms with Gasteiger partial charge in [-0.05, 0) is 47.1 Å². The van der Waals surface area contributed by atoms with E-state index in [1.807, 2.05) is 13.8 Å². The molecule has 1 aromatic rings.